The van der Waals surface area contributed by atoms with Gasteiger partial charge in [-0.3, -0.25) is 4.79 Å². The van der Waals surface area contributed by atoms with Gasteiger partial charge >= 0.3 is 17.1 Å². The maximum atomic E-state index is 12.7. The molecule has 2 rings (SSSR count). The van der Waals surface area contributed by atoms with E-state index in [1.165, 1.54) is 7.11 Å². The molecule has 2 aliphatic rings. The fraction of sp³-hybridized carbons (Fsp3) is 0.944. The molecule has 0 spiro atoms. The van der Waals surface area contributed by atoms with Crippen molar-refractivity contribution in [3.63, 3.8) is 0 Å². The van der Waals surface area contributed by atoms with Crippen LogP contribution in [0, 0.1) is 0 Å². The minimum Gasteiger partial charge on any atom is -0.414 e. The van der Waals surface area contributed by atoms with Crippen molar-refractivity contribution in [3.05, 3.63) is 0 Å². The third kappa shape index (κ3) is 3.61. The molecule has 0 aromatic carbocycles. The molecule has 0 saturated carbocycles. The number of hydrogen-bond acceptors (Lipinski definition) is 6. The molecule has 0 aliphatic carbocycles. The molecular formula is C18H36O6Si2. The lowest BCUT2D eigenvalue weighted by atomic mass is 10.2. The second kappa shape index (κ2) is 8.10. The van der Waals surface area contributed by atoms with Gasteiger partial charge in [-0.1, -0.05) is 55.4 Å². The largest absolute Gasteiger partial charge is 0.414 e. The average molecular weight is 405 g/mol. The highest BCUT2D eigenvalue weighted by molar-refractivity contribution is 6.84. The average Bonchev–Trinajstić information content (AvgIpc) is 2.81. The van der Waals surface area contributed by atoms with E-state index in [4.69, 9.17) is 22.4 Å². The molecule has 0 amide bonds. The molecule has 152 valence electrons. The minimum atomic E-state index is -2.77. The van der Waals surface area contributed by atoms with Crippen LogP contribution in [0.5, 0.6) is 0 Å². The molecule has 2 saturated heterocycles. The molecule has 2 aliphatic heterocycles. The zero-order chi connectivity index (χ0) is 19.9. The first kappa shape index (κ1) is 22.2. The third-order valence-electron chi connectivity index (χ3n) is 5.69. The van der Waals surface area contributed by atoms with Crippen molar-refractivity contribution < 1.29 is 27.2 Å². The second-order valence-electron chi connectivity index (χ2n) is 8.66. The van der Waals surface area contributed by atoms with Crippen molar-refractivity contribution in [2.45, 2.75) is 96.1 Å². The van der Waals surface area contributed by atoms with E-state index in [1.807, 2.05) is 0 Å². The Balaban J connectivity index is 2.54. The number of methoxy groups -OCH3 is 1. The van der Waals surface area contributed by atoms with Gasteiger partial charge in [0.1, 0.15) is 12.2 Å². The van der Waals surface area contributed by atoms with Crippen LogP contribution in [0.25, 0.3) is 0 Å². The van der Waals surface area contributed by atoms with Crippen LogP contribution in [-0.4, -0.2) is 55.1 Å². The first-order chi connectivity index (χ1) is 12.0. The number of Topliss-reactive ketones (excluding diaryl/α,β-unsaturated/α-hetero) is 1. The second-order valence-corrected chi connectivity index (χ2v) is 17.5. The van der Waals surface area contributed by atoms with Crippen LogP contribution < -0.4 is 0 Å². The maximum absolute atomic E-state index is 12.7. The number of carbonyl (C=O) groups is 1. The van der Waals surface area contributed by atoms with Crippen LogP contribution in [0.4, 0.5) is 0 Å². The summed E-state index contributed by atoms with van der Waals surface area (Å²) in [5.74, 6) is -0.161. The Bertz CT molecular complexity index is 492. The van der Waals surface area contributed by atoms with Crippen LogP contribution in [0.3, 0.4) is 0 Å². The Morgan fingerprint density at radius 3 is 1.85 bits per heavy atom. The van der Waals surface area contributed by atoms with E-state index in [0.717, 1.165) is 0 Å². The zero-order valence-corrected chi connectivity index (χ0v) is 19.7. The molecule has 0 aromatic heterocycles. The predicted octanol–water partition coefficient (Wildman–Crippen LogP) is 3.88. The standard InChI is InChI=1S/C18H36O6Si2/c1-11(2)25(12(3)4)21-10-15-17(16(19)18(20-9)22-15)23-26(24-25,13(5)6)14(7)8/h11-15,17-18H,10H2,1-9H3/t15-,17?,18-/m1/s1. The van der Waals surface area contributed by atoms with Gasteiger partial charge in [-0.2, -0.15) is 0 Å². The number of fused-ring (bicyclic) bond motifs is 1. The Hall–Kier alpha value is -0.0962. The van der Waals surface area contributed by atoms with Gasteiger partial charge in [0, 0.05) is 7.11 Å². The van der Waals surface area contributed by atoms with Crippen LogP contribution in [0.1, 0.15) is 55.4 Å². The molecule has 2 fully saturated rings. The topological polar surface area (TPSA) is 63.2 Å². The summed E-state index contributed by atoms with van der Waals surface area (Å²) in [6.45, 7) is 17.5. The Morgan fingerprint density at radius 1 is 0.923 bits per heavy atom. The van der Waals surface area contributed by atoms with Crippen LogP contribution in [0.2, 0.25) is 22.2 Å². The lowest BCUT2D eigenvalue weighted by molar-refractivity contribution is -0.152. The predicted molar refractivity (Wildman–Crippen MR) is 104 cm³/mol. The molecule has 2 heterocycles. The quantitative estimate of drug-likeness (QED) is 0.648. The highest BCUT2D eigenvalue weighted by Crippen LogP contribution is 2.46. The molecule has 3 atom stereocenters. The molecule has 0 N–H and O–H groups in total. The lowest BCUT2D eigenvalue weighted by Crippen LogP contribution is -2.65. The SMILES string of the molecule is CO[C@@H]1O[C@@H]2CO[Si](C(C)C)(C(C)C)O[Si](C(C)C)(C(C)C)OC2C1=O. The summed E-state index contributed by atoms with van der Waals surface area (Å²) < 4.78 is 31.3. The monoisotopic (exact) mass is 404 g/mol. The summed E-state index contributed by atoms with van der Waals surface area (Å²) in [5.41, 5.74) is 0.900. The van der Waals surface area contributed by atoms with Crippen molar-refractivity contribution in [1.82, 2.24) is 0 Å². The van der Waals surface area contributed by atoms with E-state index in [2.05, 4.69) is 55.4 Å². The summed E-state index contributed by atoms with van der Waals surface area (Å²) in [6, 6.07) is 0. The van der Waals surface area contributed by atoms with Gasteiger partial charge in [-0.25, -0.2) is 0 Å². The van der Waals surface area contributed by atoms with Gasteiger partial charge in [0.15, 0.2) is 0 Å². The smallest absolute Gasteiger partial charge is 0.335 e. The van der Waals surface area contributed by atoms with Crippen molar-refractivity contribution in [3.8, 4) is 0 Å². The van der Waals surface area contributed by atoms with E-state index in [-0.39, 0.29) is 27.9 Å². The molecule has 1 unspecified atom stereocenters. The van der Waals surface area contributed by atoms with Gasteiger partial charge in [0.25, 0.3) is 0 Å². The summed E-state index contributed by atoms with van der Waals surface area (Å²) in [6.07, 6.45) is -2.00. The first-order valence-electron chi connectivity index (χ1n) is 9.75. The molecule has 0 radical (unpaired) electrons. The molecule has 8 heteroatoms. The number of ether oxygens (including phenoxy) is 2. The van der Waals surface area contributed by atoms with Crippen molar-refractivity contribution >= 4 is 22.9 Å². The van der Waals surface area contributed by atoms with Crippen molar-refractivity contribution in [2.24, 2.45) is 0 Å². The van der Waals surface area contributed by atoms with Gasteiger partial charge in [0.2, 0.25) is 12.1 Å². The van der Waals surface area contributed by atoms with Crippen LogP contribution >= 0.6 is 0 Å². The van der Waals surface area contributed by atoms with Crippen LogP contribution in [0.15, 0.2) is 0 Å². The van der Waals surface area contributed by atoms with E-state index < -0.39 is 35.6 Å². The number of carbonyl (C=O) groups excluding carboxylic acids is 1. The van der Waals surface area contributed by atoms with E-state index >= 15 is 0 Å². The highest BCUT2D eigenvalue weighted by atomic mass is 28.5. The molecule has 26 heavy (non-hydrogen) atoms. The number of hydrogen-bond donors (Lipinski definition) is 0. The summed E-state index contributed by atoms with van der Waals surface area (Å²) >= 11 is 0. The fourth-order valence-electron chi connectivity index (χ4n) is 4.17. The van der Waals surface area contributed by atoms with Crippen LogP contribution in [-0.2, 0) is 27.2 Å². The lowest BCUT2D eigenvalue weighted by Gasteiger charge is -2.50. The van der Waals surface area contributed by atoms with E-state index in [1.54, 1.807) is 0 Å². The third-order valence-corrected chi connectivity index (χ3v) is 15.9. The normalized spacial score (nSPS) is 31.6. The summed E-state index contributed by atoms with van der Waals surface area (Å²) in [4.78, 5) is 12.7. The molecule has 6 nitrogen and oxygen atoms in total. The highest BCUT2D eigenvalue weighted by Gasteiger charge is 2.61. The Morgan fingerprint density at radius 2 is 1.42 bits per heavy atom. The van der Waals surface area contributed by atoms with Gasteiger partial charge < -0.3 is 22.4 Å². The first-order valence-corrected chi connectivity index (χ1v) is 13.7. The minimum absolute atomic E-state index is 0.161. The Labute approximate surface area is 160 Å². The molecular weight excluding hydrogens is 368 g/mol. The fourth-order valence-corrected chi connectivity index (χ4v) is 15.3. The Kier molecular flexibility index (Phi) is 6.92. The molecule has 0 aromatic rings. The molecule has 0 bridgehead atoms. The van der Waals surface area contributed by atoms with Crippen molar-refractivity contribution in [2.75, 3.05) is 13.7 Å². The zero-order valence-electron chi connectivity index (χ0n) is 17.7. The van der Waals surface area contributed by atoms with E-state index in [0.29, 0.717) is 6.61 Å². The number of ketones is 1. The van der Waals surface area contributed by atoms with Gasteiger partial charge in [-0.15, -0.1) is 0 Å². The van der Waals surface area contributed by atoms with Crippen molar-refractivity contribution in [1.29, 1.82) is 0 Å². The van der Waals surface area contributed by atoms with Gasteiger partial charge in [-0.05, 0) is 22.2 Å². The van der Waals surface area contributed by atoms with E-state index in [9.17, 15) is 4.79 Å². The summed E-state index contributed by atoms with van der Waals surface area (Å²) in [5, 5.41) is 0. The van der Waals surface area contributed by atoms with Gasteiger partial charge in [0.05, 0.1) is 6.61 Å². The maximum Gasteiger partial charge on any atom is 0.335 e. The number of rotatable bonds is 5. The summed E-state index contributed by atoms with van der Waals surface area (Å²) in [7, 11) is -3.88.